The van der Waals surface area contributed by atoms with Gasteiger partial charge in [-0.15, -0.1) is 0 Å². The predicted molar refractivity (Wildman–Crippen MR) is 90.5 cm³/mol. The van der Waals surface area contributed by atoms with E-state index in [1.807, 2.05) is 13.8 Å². The predicted octanol–water partition coefficient (Wildman–Crippen LogP) is 2.01. The Labute approximate surface area is 147 Å². The minimum atomic E-state index is -3.84. The van der Waals surface area contributed by atoms with Crippen molar-refractivity contribution in [1.29, 1.82) is 5.26 Å². The van der Waals surface area contributed by atoms with Crippen LogP contribution < -0.4 is 4.72 Å². The van der Waals surface area contributed by atoms with Crippen LogP contribution in [-0.2, 0) is 14.8 Å². The summed E-state index contributed by atoms with van der Waals surface area (Å²) in [5, 5.41) is 8.83. The van der Waals surface area contributed by atoms with Crippen molar-refractivity contribution in [3.8, 4) is 6.07 Å². The summed E-state index contributed by atoms with van der Waals surface area (Å²) in [6.45, 7) is 4.98. The van der Waals surface area contributed by atoms with Gasteiger partial charge >= 0.3 is 0 Å². The highest BCUT2D eigenvalue weighted by atomic mass is 32.2. The molecule has 0 radical (unpaired) electrons. The van der Waals surface area contributed by atoms with Crippen molar-refractivity contribution in [3.63, 3.8) is 0 Å². The first-order valence-electron chi connectivity index (χ1n) is 8.22. The highest BCUT2D eigenvalue weighted by Crippen LogP contribution is 2.18. The van der Waals surface area contributed by atoms with E-state index in [-0.39, 0.29) is 28.3 Å². The third kappa shape index (κ3) is 5.00. The molecule has 1 saturated heterocycles. The average Bonchev–Trinajstić information content (AvgIpc) is 2.54. The summed E-state index contributed by atoms with van der Waals surface area (Å²) in [6, 6.07) is 4.48. The Morgan fingerprint density at radius 2 is 2.04 bits per heavy atom. The van der Waals surface area contributed by atoms with Crippen LogP contribution in [0.1, 0.15) is 38.7 Å². The number of nitrogens with one attached hydrogen (secondary N) is 1. The number of piperidine rings is 1. The molecule has 1 aromatic carbocycles. The zero-order valence-corrected chi connectivity index (χ0v) is 15.1. The second-order valence-electron chi connectivity index (χ2n) is 6.63. The average molecular weight is 367 g/mol. The van der Waals surface area contributed by atoms with E-state index in [1.54, 1.807) is 11.0 Å². The van der Waals surface area contributed by atoms with Gasteiger partial charge in [0.05, 0.1) is 10.5 Å². The molecule has 1 aliphatic rings. The zero-order valence-electron chi connectivity index (χ0n) is 14.3. The Bertz CT molecular complexity index is 779. The van der Waals surface area contributed by atoms with Gasteiger partial charge in [-0.25, -0.2) is 17.5 Å². The molecule has 0 saturated carbocycles. The first-order valence-corrected chi connectivity index (χ1v) is 9.71. The number of nitriles is 1. The summed E-state index contributed by atoms with van der Waals surface area (Å²) in [5.74, 6) is -0.372. The first-order chi connectivity index (χ1) is 11.7. The van der Waals surface area contributed by atoms with E-state index in [1.165, 1.54) is 0 Å². The van der Waals surface area contributed by atoms with Gasteiger partial charge in [-0.3, -0.25) is 4.79 Å². The maximum atomic E-state index is 13.4. The van der Waals surface area contributed by atoms with Crippen LogP contribution >= 0.6 is 0 Å². The lowest BCUT2D eigenvalue weighted by Crippen LogP contribution is -2.46. The van der Waals surface area contributed by atoms with Crippen molar-refractivity contribution in [1.82, 2.24) is 9.62 Å². The summed E-state index contributed by atoms with van der Waals surface area (Å²) in [4.78, 5) is 13.7. The molecule has 0 aliphatic carbocycles. The highest BCUT2D eigenvalue weighted by Gasteiger charge is 2.27. The van der Waals surface area contributed by atoms with E-state index >= 15 is 0 Å². The molecule has 0 aromatic heterocycles. The lowest BCUT2D eigenvalue weighted by atomic mass is 10.0. The molecular weight excluding hydrogens is 345 g/mol. The molecule has 0 spiro atoms. The third-order valence-corrected chi connectivity index (χ3v) is 5.64. The molecule has 0 atom stereocenters. The maximum absolute atomic E-state index is 13.4. The summed E-state index contributed by atoms with van der Waals surface area (Å²) in [6.07, 6.45) is 1.54. The first kappa shape index (κ1) is 19.3. The van der Waals surface area contributed by atoms with Gasteiger partial charge in [0.15, 0.2) is 0 Å². The minimum Gasteiger partial charge on any atom is -0.343 e. The van der Waals surface area contributed by atoms with E-state index < -0.39 is 15.8 Å². The topological polar surface area (TPSA) is 90.3 Å². The molecule has 1 N–H and O–H groups in total. The van der Waals surface area contributed by atoms with Crippen molar-refractivity contribution in [2.45, 2.75) is 44.0 Å². The summed E-state index contributed by atoms with van der Waals surface area (Å²) in [7, 11) is -3.84. The van der Waals surface area contributed by atoms with Gasteiger partial charge in [-0.05, 0) is 37.0 Å². The van der Waals surface area contributed by atoms with Gasteiger partial charge in [0.25, 0.3) is 0 Å². The molecule has 1 heterocycles. The van der Waals surface area contributed by atoms with Crippen LogP contribution in [0, 0.1) is 23.1 Å². The number of rotatable bonds is 5. The van der Waals surface area contributed by atoms with Gasteiger partial charge in [0, 0.05) is 25.6 Å². The van der Waals surface area contributed by atoms with E-state index in [4.69, 9.17) is 5.26 Å². The van der Waals surface area contributed by atoms with Crippen molar-refractivity contribution in [3.05, 3.63) is 29.6 Å². The minimum absolute atomic E-state index is 0.0912. The second-order valence-corrected chi connectivity index (χ2v) is 8.34. The number of sulfonamides is 1. The molecule has 0 bridgehead atoms. The van der Waals surface area contributed by atoms with Crippen molar-refractivity contribution in [2.24, 2.45) is 5.92 Å². The Morgan fingerprint density at radius 1 is 1.40 bits per heavy atom. The Kier molecular flexibility index (Phi) is 6.14. The van der Waals surface area contributed by atoms with Crippen molar-refractivity contribution >= 4 is 15.9 Å². The molecule has 6 nitrogen and oxygen atoms in total. The number of benzene rings is 1. The molecule has 1 aromatic rings. The van der Waals surface area contributed by atoms with Crippen LogP contribution in [0.2, 0.25) is 0 Å². The van der Waals surface area contributed by atoms with E-state index in [0.29, 0.717) is 32.4 Å². The zero-order chi connectivity index (χ0) is 18.6. The third-order valence-electron chi connectivity index (χ3n) is 4.12. The molecule has 8 heteroatoms. The summed E-state index contributed by atoms with van der Waals surface area (Å²) < 4.78 is 40.8. The molecule has 1 aliphatic heterocycles. The van der Waals surface area contributed by atoms with Crippen molar-refractivity contribution < 1.29 is 17.6 Å². The SMILES string of the molecule is CC(C)CC(=O)N1CCC(NS(=O)(=O)c2ccc(F)c(C#N)c2)CC1. The van der Waals surface area contributed by atoms with Gasteiger partial charge in [-0.1, -0.05) is 13.8 Å². The molecule has 136 valence electrons. The monoisotopic (exact) mass is 367 g/mol. The van der Waals surface area contributed by atoms with Gasteiger partial charge in [-0.2, -0.15) is 5.26 Å². The van der Waals surface area contributed by atoms with E-state index in [0.717, 1.165) is 18.2 Å². The standard InChI is InChI=1S/C17H22FN3O3S/c1-12(2)9-17(22)21-7-5-14(6-8-21)20-25(23,24)15-3-4-16(18)13(10-15)11-19/h3-4,10,12,14,20H,5-9H2,1-2H3. The van der Waals surface area contributed by atoms with Crippen molar-refractivity contribution in [2.75, 3.05) is 13.1 Å². The number of halogens is 1. The second kappa shape index (κ2) is 7.93. The number of carbonyl (C=O) groups is 1. The van der Waals surface area contributed by atoms with Crippen LogP contribution in [-0.4, -0.2) is 38.4 Å². The Hall–Kier alpha value is -1.98. The number of nitrogens with zero attached hydrogens (tertiary/aromatic N) is 2. The van der Waals surface area contributed by atoms with Gasteiger partial charge < -0.3 is 4.90 Å². The number of carbonyl (C=O) groups excluding carboxylic acids is 1. The number of hydrogen-bond donors (Lipinski definition) is 1. The van der Waals surface area contributed by atoms with E-state index in [2.05, 4.69) is 4.72 Å². The van der Waals surface area contributed by atoms with Crippen LogP contribution in [0.3, 0.4) is 0 Å². The highest BCUT2D eigenvalue weighted by molar-refractivity contribution is 7.89. The molecular formula is C17H22FN3O3S. The fraction of sp³-hybridized carbons (Fsp3) is 0.529. The molecule has 2 rings (SSSR count). The van der Waals surface area contributed by atoms with Crippen LogP contribution in [0.25, 0.3) is 0 Å². The number of hydrogen-bond acceptors (Lipinski definition) is 4. The Balaban J connectivity index is 1.99. The van der Waals surface area contributed by atoms with Crippen LogP contribution in [0.5, 0.6) is 0 Å². The maximum Gasteiger partial charge on any atom is 0.240 e. The summed E-state index contributed by atoms with van der Waals surface area (Å²) in [5.41, 5.74) is -0.308. The lowest BCUT2D eigenvalue weighted by Gasteiger charge is -2.32. The number of likely N-dealkylation sites (tertiary alicyclic amines) is 1. The molecule has 25 heavy (non-hydrogen) atoms. The quantitative estimate of drug-likeness (QED) is 0.862. The van der Waals surface area contributed by atoms with Gasteiger partial charge in [0.1, 0.15) is 11.9 Å². The normalized spacial score (nSPS) is 16.0. The fourth-order valence-electron chi connectivity index (χ4n) is 2.77. The molecule has 1 fully saturated rings. The largest absolute Gasteiger partial charge is 0.343 e. The summed E-state index contributed by atoms with van der Waals surface area (Å²) >= 11 is 0. The van der Waals surface area contributed by atoms with Crippen LogP contribution in [0.15, 0.2) is 23.1 Å². The lowest BCUT2D eigenvalue weighted by molar-refractivity contribution is -0.133. The fourth-order valence-corrected chi connectivity index (χ4v) is 4.10. The van der Waals surface area contributed by atoms with E-state index in [9.17, 15) is 17.6 Å². The molecule has 1 amide bonds. The molecule has 0 unspecified atom stereocenters. The van der Waals surface area contributed by atoms with Crippen LogP contribution in [0.4, 0.5) is 4.39 Å². The van der Waals surface area contributed by atoms with Gasteiger partial charge in [0.2, 0.25) is 15.9 Å². The Morgan fingerprint density at radius 3 is 2.60 bits per heavy atom. The number of amides is 1. The smallest absolute Gasteiger partial charge is 0.240 e.